The van der Waals surface area contributed by atoms with Gasteiger partial charge in [0, 0.05) is 23.9 Å². The van der Waals surface area contributed by atoms with Gasteiger partial charge in [-0.15, -0.1) is 0 Å². The van der Waals surface area contributed by atoms with E-state index in [-0.39, 0.29) is 23.2 Å². The molecule has 3 rings (SSSR count). The number of primary amides is 1. The number of nitrogens with one attached hydrogen (secondary N) is 1. The molecular weight excluding hydrogens is 322 g/mol. The molecule has 25 heavy (non-hydrogen) atoms. The minimum absolute atomic E-state index is 0.160. The summed E-state index contributed by atoms with van der Waals surface area (Å²) in [7, 11) is 0. The van der Waals surface area contributed by atoms with Gasteiger partial charge < -0.3 is 15.6 Å². The van der Waals surface area contributed by atoms with E-state index in [9.17, 15) is 9.59 Å². The van der Waals surface area contributed by atoms with E-state index in [4.69, 9.17) is 10.3 Å². The Kier molecular flexibility index (Phi) is 4.34. The van der Waals surface area contributed by atoms with Crippen molar-refractivity contribution >= 4 is 17.5 Å². The summed E-state index contributed by atoms with van der Waals surface area (Å²) in [6.07, 6.45) is 1.64. The Morgan fingerprint density at radius 1 is 1.16 bits per heavy atom. The van der Waals surface area contributed by atoms with Gasteiger partial charge in [-0.25, -0.2) is 4.68 Å². The first kappa shape index (κ1) is 16.4. The fourth-order valence-corrected chi connectivity index (χ4v) is 2.16. The summed E-state index contributed by atoms with van der Waals surface area (Å²) in [4.78, 5) is 23.3. The highest BCUT2D eigenvalue weighted by atomic mass is 16.5. The quantitative estimate of drug-likeness (QED) is 0.740. The van der Waals surface area contributed by atoms with Crippen LogP contribution in [0.3, 0.4) is 0 Å². The molecule has 0 radical (unpaired) electrons. The van der Waals surface area contributed by atoms with Gasteiger partial charge in [0.05, 0.1) is 5.69 Å². The maximum atomic E-state index is 12.2. The maximum Gasteiger partial charge on any atom is 0.277 e. The highest BCUT2D eigenvalue weighted by Gasteiger charge is 2.14. The molecular formula is C17H17N5O3. The molecule has 0 bridgehead atoms. The third kappa shape index (κ3) is 3.57. The van der Waals surface area contributed by atoms with Crippen LogP contribution >= 0.6 is 0 Å². The summed E-state index contributed by atoms with van der Waals surface area (Å²) in [6.45, 7) is 3.92. The molecule has 128 valence electrons. The number of nitrogens with zero attached hydrogens (tertiary/aromatic N) is 3. The predicted molar refractivity (Wildman–Crippen MR) is 90.6 cm³/mol. The lowest BCUT2D eigenvalue weighted by atomic mass is 10.1. The van der Waals surface area contributed by atoms with E-state index in [1.54, 1.807) is 36.5 Å². The van der Waals surface area contributed by atoms with Gasteiger partial charge in [0.2, 0.25) is 0 Å². The maximum absolute atomic E-state index is 12.2. The van der Waals surface area contributed by atoms with Crippen molar-refractivity contribution in [1.29, 1.82) is 0 Å². The number of aromatic nitrogens is 3. The number of anilines is 1. The standard InChI is InChI=1S/C17H17N5O3/c1-10(2)15-9-14(21-25-15)17(24)19-11-3-5-12(6-4-11)22-8-7-13(20-22)16(18)23/h3-10H,1-2H3,(H2,18,23)(H,19,24). The lowest BCUT2D eigenvalue weighted by molar-refractivity contribution is 0.0992. The summed E-state index contributed by atoms with van der Waals surface area (Å²) < 4.78 is 6.65. The van der Waals surface area contributed by atoms with Crippen molar-refractivity contribution in [2.45, 2.75) is 19.8 Å². The van der Waals surface area contributed by atoms with Crippen molar-refractivity contribution in [3.63, 3.8) is 0 Å². The zero-order valence-electron chi connectivity index (χ0n) is 13.8. The molecule has 0 aliphatic carbocycles. The Morgan fingerprint density at radius 2 is 1.88 bits per heavy atom. The van der Waals surface area contributed by atoms with Crippen LogP contribution in [-0.4, -0.2) is 26.8 Å². The number of hydrogen-bond acceptors (Lipinski definition) is 5. The van der Waals surface area contributed by atoms with Gasteiger partial charge in [0.25, 0.3) is 11.8 Å². The second-order valence-electron chi connectivity index (χ2n) is 5.78. The summed E-state index contributed by atoms with van der Waals surface area (Å²) in [5.74, 6) is -0.119. The van der Waals surface area contributed by atoms with Gasteiger partial charge in [-0.1, -0.05) is 19.0 Å². The molecule has 0 saturated carbocycles. The van der Waals surface area contributed by atoms with Gasteiger partial charge >= 0.3 is 0 Å². The lowest BCUT2D eigenvalue weighted by Gasteiger charge is -2.05. The highest BCUT2D eigenvalue weighted by Crippen LogP contribution is 2.17. The van der Waals surface area contributed by atoms with Crippen LogP contribution in [0.15, 0.2) is 47.1 Å². The first-order valence-electron chi connectivity index (χ1n) is 7.68. The number of amides is 2. The third-order valence-electron chi connectivity index (χ3n) is 3.56. The fraction of sp³-hybridized carbons (Fsp3) is 0.176. The Balaban J connectivity index is 1.71. The van der Waals surface area contributed by atoms with Crippen LogP contribution < -0.4 is 11.1 Å². The van der Waals surface area contributed by atoms with E-state index >= 15 is 0 Å². The number of rotatable bonds is 5. The number of carbonyl (C=O) groups excluding carboxylic acids is 2. The second-order valence-corrected chi connectivity index (χ2v) is 5.78. The van der Waals surface area contributed by atoms with Gasteiger partial charge in [-0.3, -0.25) is 9.59 Å². The van der Waals surface area contributed by atoms with Crippen molar-refractivity contribution in [3.8, 4) is 5.69 Å². The van der Waals surface area contributed by atoms with Gasteiger partial charge in [-0.05, 0) is 30.3 Å². The molecule has 0 aliphatic rings. The molecule has 2 aromatic heterocycles. The van der Waals surface area contributed by atoms with Crippen LogP contribution in [0.1, 0.15) is 46.5 Å². The molecule has 0 atom stereocenters. The topological polar surface area (TPSA) is 116 Å². The number of hydrogen-bond donors (Lipinski definition) is 2. The summed E-state index contributed by atoms with van der Waals surface area (Å²) in [5, 5.41) is 10.6. The first-order valence-corrected chi connectivity index (χ1v) is 7.68. The molecule has 1 aromatic carbocycles. The Labute approximate surface area is 143 Å². The molecule has 2 amide bonds. The Bertz CT molecular complexity index is 909. The van der Waals surface area contributed by atoms with E-state index in [0.29, 0.717) is 11.4 Å². The van der Waals surface area contributed by atoms with Crippen LogP contribution in [0.2, 0.25) is 0 Å². The van der Waals surface area contributed by atoms with Gasteiger partial charge in [0.1, 0.15) is 11.5 Å². The largest absolute Gasteiger partial charge is 0.364 e. The molecule has 0 saturated heterocycles. The van der Waals surface area contributed by atoms with Crippen molar-refractivity contribution in [2.75, 3.05) is 5.32 Å². The molecule has 3 aromatic rings. The highest BCUT2D eigenvalue weighted by molar-refractivity contribution is 6.02. The molecule has 0 aliphatic heterocycles. The molecule has 3 N–H and O–H groups in total. The molecule has 2 heterocycles. The second kappa shape index (κ2) is 6.60. The first-order chi connectivity index (χ1) is 11.9. The molecule has 8 nitrogen and oxygen atoms in total. The SMILES string of the molecule is CC(C)c1cc(C(=O)Nc2ccc(-n3ccc(C(N)=O)n3)cc2)no1. The van der Waals surface area contributed by atoms with E-state index in [0.717, 1.165) is 5.69 Å². The van der Waals surface area contributed by atoms with Crippen LogP contribution in [-0.2, 0) is 0 Å². The van der Waals surface area contributed by atoms with E-state index < -0.39 is 5.91 Å². The smallest absolute Gasteiger partial charge is 0.277 e. The molecule has 8 heteroatoms. The van der Waals surface area contributed by atoms with Gasteiger partial charge in [-0.2, -0.15) is 5.10 Å². The van der Waals surface area contributed by atoms with Crippen LogP contribution in [0.5, 0.6) is 0 Å². The number of carbonyl (C=O) groups is 2. The number of nitrogens with two attached hydrogens (primary N) is 1. The molecule has 0 unspecified atom stereocenters. The zero-order valence-corrected chi connectivity index (χ0v) is 13.8. The van der Waals surface area contributed by atoms with Crippen molar-refractivity contribution < 1.29 is 14.1 Å². The Hall–Kier alpha value is -3.42. The normalized spacial score (nSPS) is 10.8. The van der Waals surface area contributed by atoms with Crippen LogP contribution in [0, 0.1) is 0 Å². The van der Waals surface area contributed by atoms with Crippen molar-refractivity contribution in [2.24, 2.45) is 5.73 Å². The average Bonchev–Trinajstić information content (AvgIpc) is 3.25. The van der Waals surface area contributed by atoms with E-state index in [1.165, 1.54) is 10.7 Å². The average molecular weight is 339 g/mol. The molecule has 0 fully saturated rings. The van der Waals surface area contributed by atoms with Crippen molar-refractivity contribution in [3.05, 3.63) is 59.7 Å². The summed E-state index contributed by atoms with van der Waals surface area (Å²) in [6, 6.07) is 10.1. The van der Waals surface area contributed by atoms with Crippen LogP contribution in [0.25, 0.3) is 5.69 Å². The fourth-order valence-electron chi connectivity index (χ4n) is 2.16. The summed E-state index contributed by atoms with van der Waals surface area (Å²) >= 11 is 0. The Morgan fingerprint density at radius 3 is 2.44 bits per heavy atom. The third-order valence-corrected chi connectivity index (χ3v) is 3.56. The van der Waals surface area contributed by atoms with Crippen molar-refractivity contribution in [1.82, 2.24) is 14.9 Å². The number of benzene rings is 1. The molecule has 0 spiro atoms. The van der Waals surface area contributed by atoms with E-state index in [1.807, 2.05) is 13.8 Å². The summed E-state index contributed by atoms with van der Waals surface area (Å²) in [5.41, 5.74) is 6.93. The minimum Gasteiger partial charge on any atom is -0.364 e. The van der Waals surface area contributed by atoms with Crippen LogP contribution in [0.4, 0.5) is 5.69 Å². The van der Waals surface area contributed by atoms with Gasteiger partial charge in [0.15, 0.2) is 5.69 Å². The predicted octanol–water partition coefficient (Wildman–Crippen LogP) is 2.33. The lowest BCUT2D eigenvalue weighted by Crippen LogP contribution is -2.13. The van der Waals surface area contributed by atoms with E-state index in [2.05, 4.69) is 15.6 Å². The minimum atomic E-state index is -0.587. The monoisotopic (exact) mass is 339 g/mol. The zero-order chi connectivity index (χ0) is 18.0.